The van der Waals surface area contributed by atoms with Crippen LogP contribution in [0.5, 0.6) is 0 Å². The van der Waals surface area contributed by atoms with E-state index in [0.29, 0.717) is 0 Å². The third-order valence-electron chi connectivity index (χ3n) is 10.6. The van der Waals surface area contributed by atoms with Crippen LogP contribution in [0, 0.1) is 0 Å². The van der Waals surface area contributed by atoms with Crippen molar-refractivity contribution in [3.8, 4) is 5.69 Å². The summed E-state index contributed by atoms with van der Waals surface area (Å²) in [4.78, 5) is 11.4. The van der Waals surface area contributed by atoms with Crippen molar-refractivity contribution in [3.05, 3.63) is 237 Å². The molecule has 0 spiro atoms. The summed E-state index contributed by atoms with van der Waals surface area (Å²) in [7, 11) is 0. The largest absolute Gasteiger partial charge is 0.310 e. The number of aromatic nitrogens is 2. The van der Waals surface area contributed by atoms with E-state index in [4.69, 9.17) is 0 Å². The molecule has 0 radical (unpaired) electrons. The molecule has 10 rings (SSSR count). The van der Waals surface area contributed by atoms with Crippen LogP contribution >= 0.6 is 0 Å². The number of rotatable bonds is 10. The monoisotopic (exact) mass is 745 g/mol. The predicted octanol–water partition coefficient (Wildman–Crippen LogP) is 14.6. The zero-order valence-corrected chi connectivity index (χ0v) is 31.8. The van der Waals surface area contributed by atoms with Gasteiger partial charge in [-0.25, -0.2) is 0 Å². The number of pyridine rings is 1. The molecule has 58 heavy (non-hydrogen) atoms. The average Bonchev–Trinajstić information content (AvgIpc) is 3.63. The first-order valence-electron chi connectivity index (χ1n) is 19.5. The Morgan fingerprint density at radius 3 is 1.17 bits per heavy atom. The van der Waals surface area contributed by atoms with Gasteiger partial charge in [-0.3, -0.25) is 4.98 Å². The van der Waals surface area contributed by atoms with Crippen molar-refractivity contribution in [1.82, 2.24) is 9.55 Å². The normalized spacial score (nSPS) is 11.1. The molecule has 2 heterocycles. The van der Waals surface area contributed by atoms with Gasteiger partial charge in [0.05, 0.1) is 22.9 Å². The highest BCUT2D eigenvalue weighted by Gasteiger charge is 2.20. The lowest BCUT2D eigenvalue weighted by Crippen LogP contribution is -2.13. The summed E-state index contributed by atoms with van der Waals surface area (Å²) in [5, 5.41) is 2.38. The minimum absolute atomic E-state index is 1.04. The van der Waals surface area contributed by atoms with Gasteiger partial charge < -0.3 is 19.3 Å². The van der Waals surface area contributed by atoms with Crippen molar-refractivity contribution in [3.63, 3.8) is 0 Å². The van der Waals surface area contributed by atoms with Gasteiger partial charge in [-0.15, -0.1) is 0 Å². The van der Waals surface area contributed by atoms with Crippen molar-refractivity contribution in [2.24, 2.45) is 0 Å². The predicted molar refractivity (Wildman–Crippen MR) is 243 cm³/mol. The van der Waals surface area contributed by atoms with Gasteiger partial charge in [-0.05, 0) is 127 Å². The van der Waals surface area contributed by atoms with Crippen molar-refractivity contribution in [1.29, 1.82) is 0 Å². The van der Waals surface area contributed by atoms with Crippen LogP contribution in [-0.4, -0.2) is 9.55 Å². The number of hydrogen-bond acceptors (Lipinski definition) is 4. The van der Waals surface area contributed by atoms with Crippen LogP contribution in [0.2, 0.25) is 0 Å². The Hall–Kier alpha value is -7.89. The van der Waals surface area contributed by atoms with E-state index in [9.17, 15) is 0 Å². The molecule has 0 unspecified atom stereocenters. The van der Waals surface area contributed by atoms with E-state index in [0.717, 1.165) is 67.9 Å². The first-order valence-corrected chi connectivity index (χ1v) is 19.5. The lowest BCUT2D eigenvalue weighted by atomic mass is 10.1. The third kappa shape index (κ3) is 6.51. The molecule has 276 valence electrons. The molecule has 2 aromatic heterocycles. The van der Waals surface area contributed by atoms with Crippen molar-refractivity contribution >= 4 is 73.0 Å². The first-order chi connectivity index (χ1) is 28.8. The Labute approximate surface area is 338 Å². The van der Waals surface area contributed by atoms with E-state index in [1.54, 1.807) is 0 Å². The molecule has 5 nitrogen and oxygen atoms in total. The minimum Gasteiger partial charge on any atom is -0.310 e. The topological polar surface area (TPSA) is 27.5 Å². The number of nitrogens with zero attached hydrogens (tertiary/aromatic N) is 5. The van der Waals surface area contributed by atoms with Gasteiger partial charge >= 0.3 is 0 Å². The van der Waals surface area contributed by atoms with Gasteiger partial charge in [0.2, 0.25) is 0 Å². The van der Waals surface area contributed by atoms with Gasteiger partial charge in [0, 0.05) is 68.2 Å². The number of fused-ring (bicyclic) bond motifs is 3. The fourth-order valence-corrected chi connectivity index (χ4v) is 8.04. The smallest absolute Gasteiger partial charge is 0.0645 e. The molecule has 8 aromatic carbocycles. The molecular formula is C53H39N5. The van der Waals surface area contributed by atoms with Crippen LogP contribution < -0.4 is 14.7 Å². The SMILES string of the molecule is c1ccc(N(c2ccccc2)c2cccc(N(c3ccccc3)c3ccc(N(c4ccccc4)c4ccc5c(c4)c4ccccc4n5-c4cccnc4)cc3)c2)cc1. The van der Waals surface area contributed by atoms with Crippen LogP contribution in [0.1, 0.15) is 0 Å². The summed E-state index contributed by atoms with van der Waals surface area (Å²) in [5.74, 6) is 0. The van der Waals surface area contributed by atoms with Gasteiger partial charge in [-0.2, -0.15) is 0 Å². The van der Waals surface area contributed by atoms with E-state index < -0.39 is 0 Å². The lowest BCUT2D eigenvalue weighted by molar-refractivity contribution is 1.14. The average molecular weight is 746 g/mol. The Balaban J connectivity index is 1.07. The fraction of sp³-hybridized carbons (Fsp3) is 0. The first kappa shape index (κ1) is 34.6. The Morgan fingerprint density at radius 1 is 0.293 bits per heavy atom. The van der Waals surface area contributed by atoms with E-state index >= 15 is 0 Å². The molecule has 0 aliphatic rings. The zero-order valence-electron chi connectivity index (χ0n) is 31.8. The van der Waals surface area contributed by atoms with Crippen molar-refractivity contribution < 1.29 is 0 Å². The highest BCUT2D eigenvalue weighted by Crippen LogP contribution is 2.43. The maximum atomic E-state index is 4.44. The van der Waals surface area contributed by atoms with Gasteiger partial charge in [0.15, 0.2) is 0 Å². The number of hydrogen-bond donors (Lipinski definition) is 0. The third-order valence-corrected chi connectivity index (χ3v) is 10.6. The summed E-state index contributed by atoms with van der Waals surface area (Å²) in [6.45, 7) is 0. The van der Waals surface area contributed by atoms with Crippen LogP contribution in [0.15, 0.2) is 237 Å². The second-order valence-electron chi connectivity index (χ2n) is 14.1. The van der Waals surface area contributed by atoms with Crippen LogP contribution in [-0.2, 0) is 0 Å². The number of para-hydroxylation sites is 5. The van der Waals surface area contributed by atoms with Crippen LogP contribution in [0.25, 0.3) is 27.5 Å². The molecule has 0 N–H and O–H groups in total. The van der Waals surface area contributed by atoms with Crippen molar-refractivity contribution in [2.75, 3.05) is 14.7 Å². The van der Waals surface area contributed by atoms with E-state index in [2.05, 4.69) is 243 Å². The minimum atomic E-state index is 1.04. The van der Waals surface area contributed by atoms with E-state index in [-0.39, 0.29) is 0 Å². The standard InChI is InChI=1S/C53H39N5/c1-5-17-40(18-6-1)55(41-19-7-2-8-20-41)46-25-15-26-47(37-46)56(42-21-9-3-10-22-42)44-30-32-45(33-31-44)57(43-23-11-4-12-24-43)48-34-35-53-51(38-48)50-28-13-14-29-52(50)58(53)49-27-16-36-54-39-49/h1-39H. The highest BCUT2D eigenvalue weighted by atomic mass is 15.2. The Kier molecular flexibility index (Phi) is 9.14. The molecular weight excluding hydrogens is 707 g/mol. The number of benzene rings is 8. The highest BCUT2D eigenvalue weighted by molar-refractivity contribution is 6.10. The lowest BCUT2D eigenvalue weighted by Gasteiger charge is -2.30. The van der Waals surface area contributed by atoms with E-state index in [1.807, 2.05) is 18.5 Å². The summed E-state index contributed by atoms with van der Waals surface area (Å²) in [6, 6.07) is 79.5. The molecule has 5 heteroatoms. The summed E-state index contributed by atoms with van der Waals surface area (Å²) in [5.41, 5.74) is 13.0. The molecule has 0 bridgehead atoms. The molecule has 0 atom stereocenters. The van der Waals surface area contributed by atoms with Crippen LogP contribution in [0.3, 0.4) is 0 Å². The second-order valence-corrected chi connectivity index (χ2v) is 14.1. The van der Waals surface area contributed by atoms with Gasteiger partial charge in [-0.1, -0.05) is 97.1 Å². The maximum Gasteiger partial charge on any atom is 0.0645 e. The molecule has 0 saturated carbocycles. The molecule has 10 aromatic rings. The summed E-state index contributed by atoms with van der Waals surface area (Å²) in [6.07, 6.45) is 3.75. The van der Waals surface area contributed by atoms with Crippen LogP contribution in [0.4, 0.5) is 51.2 Å². The Bertz CT molecular complexity index is 2890. The summed E-state index contributed by atoms with van der Waals surface area (Å²) >= 11 is 0. The van der Waals surface area contributed by atoms with Gasteiger partial charge in [0.1, 0.15) is 0 Å². The fourth-order valence-electron chi connectivity index (χ4n) is 8.04. The second kappa shape index (κ2) is 15.3. The van der Waals surface area contributed by atoms with Gasteiger partial charge in [0.25, 0.3) is 0 Å². The zero-order chi connectivity index (χ0) is 38.7. The molecule has 0 aliphatic carbocycles. The molecule has 0 fully saturated rings. The van der Waals surface area contributed by atoms with Crippen molar-refractivity contribution in [2.45, 2.75) is 0 Å². The maximum absolute atomic E-state index is 4.44. The number of anilines is 9. The van der Waals surface area contributed by atoms with E-state index in [1.165, 1.54) is 10.8 Å². The molecule has 0 aliphatic heterocycles. The summed E-state index contributed by atoms with van der Waals surface area (Å²) < 4.78 is 2.30. The quantitative estimate of drug-likeness (QED) is 0.139. The Morgan fingerprint density at radius 2 is 0.690 bits per heavy atom. The molecule has 0 saturated heterocycles. The molecule has 0 amide bonds.